The quantitative estimate of drug-likeness (QED) is 0.444. The highest BCUT2D eigenvalue weighted by Gasteiger charge is 2.13. The Balaban J connectivity index is 1.60. The smallest absolute Gasteiger partial charge is 0.305 e. The van der Waals surface area contributed by atoms with Crippen molar-refractivity contribution in [2.45, 2.75) is 20.3 Å². The van der Waals surface area contributed by atoms with E-state index in [9.17, 15) is 9.18 Å². The van der Waals surface area contributed by atoms with Crippen LogP contribution in [0.25, 0.3) is 11.3 Å². The molecular weight excluding hydrogens is 377 g/mol. The molecule has 0 atom stereocenters. The summed E-state index contributed by atoms with van der Waals surface area (Å²) in [6, 6.07) is 15.0. The van der Waals surface area contributed by atoms with Crippen molar-refractivity contribution in [1.82, 2.24) is 10.9 Å². The van der Waals surface area contributed by atoms with Crippen molar-refractivity contribution < 1.29 is 13.6 Å². The van der Waals surface area contributed by atoms with Gasteiger partial charge in [-0.1, -0.05) is 25.1 Å². The summed E-state index contributed by atoms with van der Waals surface area (Å²) in [5, 5.41) is 3.38. The van der Waals surface area contributed by atoms with Gasteiger partial charge >= 0.3 is 5.91 Å². The Labute approximate surface area is 167 Å². The van der Waals surface area contributed by atoms with E-state index >= 15 is 0 Å². The van der Waals surface area contributed by atoms with E-state index in [0.717, 1.165) is 23.2 Å². The number of anilines is 1. The average Bonchev–Trinajstić information content (AvgIpc) is 3.18. The van der Waals surface area contributed by atoms with Crippen LogP contribution in [-0.2, 0) is 6.42 Å². The molecule has 1 aromatic heterocycles. The van der Waals surface area contributed by atoms with E-state index in [0.29, 0.717) is 11.3 Å². The minimum absolute atomic E-state index is 0.111. The molecule has 3 rings (SSSR count). The van der Waals surface area contributed by atoms with E-state index in [1.807, 2.05) is 25.1 Å². The van der Waals surface area contributed by atoms with Crippen molar-refractivity contribution in [3.63, 3.8) is 0 Å². The van der Waals surface area contributed by atoms with Crippen LogP contribution in [0, 0.1) is 12.7 Å². The van der Waals surface area contributed by atoms with Gasteiger partial charge in [0.25, 0.3) is 0 Å². The van der Waals surface area contributed by atoms with Crippen LogP contribution in [-0.4, -0.2) is 11.0 Å². The normalized spacial score (nSPS) is 10.4. The SMILES string of the molecule is CCc1cccc(C)c1NC(=S)NNC(=O)c1ccc(-c2ccc(F)cc2)o1. The van der Waals surface area contributed by atoms with E-state index in [2.05, 4.69) is 23.1 Å². The highest BCUT2D eigenvalue weighted by molar-refractivity contribution is 7.80. The summed E-state index contributed by atoms with van der Waals surface area (Å²) in [6.45, 7) is 4.05. The highest BCUT2D eigenvalue weighted by Crippen LogP contribution is 2.23. The van der Waals surface area contributed by atoms with Crippen LogP contribution in [0.5, 0.6) is 0 Å². The molecule has 0 saturated heterocycles. The van der Waals surface area contributed by atoms with Gasteiger partial charge in [0.05, 0.1) is 0 Å². The van der Waals surface area contributed by atoms with Gasteiger partial charge < -0.3 is 9.73 Å². The molecule has 28 heavy (non-hydrogen) atoms. The number of furan rings is 1. The number of rotatable bonds is 4. The molecule has 0 aliphatic rings. The van der Waals surface area contributed by atoms with Crippen LogP contribution in [0.4, 0.5) is 10.1 Å². The fraction of sp³-hybridized carbons (Fsp3) is 0.143. The summed E-state index contributed by atoms with van der Waals surface area (Å²) in [5.74, 6) is -0.227. The van der Waals surface area contributed by atoms with Crippen molar-refractivity contribution in [3.8, 4) is 11.3 Å². The zero-order valence-electron chi connectivity index (χ0n) is 15.5. The van der Waals surface area contributed by atoms with Crippen LogP contribution in [0.2, 0.25) is 0 Å². The second-order valence-electron chi connectivity index (χ2n) is 6.17. The van der Waals surface area contributed by atoms with E-state index in [1.54, 1.807) is 24.3 Å². The van der Waals surface area contributed by atoms with E-state index in [4.69, 9.17) is 16.6 Å². The van der Waals surface area contributed by atoms with Gasteiger partial charge in [-0.25, -0.2) is 4.39 Å². The number of hydrogen-bond donors (Lipinski definition) is 3. The van der Waals surface area contributed by atoms with Gasteiger partial charge in [-0.2, -0.15) is 0 Å². The number of carbonyl (C=O) groups is 1. The molecular formula is C21H20FN3O2S. The minimum atomic E-state index is -0.474. The number of amides is 1. The summed E-state index contributed by atoms with van der Waals surface area (Å²) >= 11 is 5.26. The Morgan fingerprint density at radius 2 is 1.82 bits per heavy atom. The summed E-state index contributed by atoms with van der Waals surface area (Å²) in [7, 11) is 0. The Kier molecular flexibility index (Phi) is 6.06. The molecule has 5 nitrogen and oxygen atoms in total. The molecule has 0 radical (unpaired) electrons. The Hall–Kier alpha value is -3.19. The third-order valence-electron chi connectivity index (χ3n) is 4.23. The Morgan fingerprint density at radius 3 is 2.54 bits per heavy atom. The molecule has 0 fully saturated rings. The van der Waals surface area contributed by atoms with Crippen LogP contribution in [0.3, 0.4) is 0 Å². The fourth-order valence-electron chi connectivity index (χ4n) is 2.75. The van der Waals surface area contributed by atoms with E-state index in [1.165, 1.54) is 12.1 Å². The van der Waals surface area contributed by atoms with Crippen molar-refractivity contribution >= 4 is 28.9 Å². The van der Waals surface area contributed by atoms with E-state index < -0.39 is 5.91 Å². The molecule has 0 aliphatic carbocycles. The standard InChI is InChI=1S/C21H20FN3O2S/c1-3-14-6-4-5-13(2)19(14)23-21(28)25-24-20(26)18-12-11-17(27-18)15-7-9-16(22)10-8-15/h4-12H,3H2,1-2H3,(H,24,26)(H2,23,25,28). The molecule has 144 valence electrons. The maximum absolute atomic E-state index is 13.0. The zero-order chi connectivity index (χ0) is 20.1. The molecule has 3 aromatic rings. The van der Waals surface area contributed by atoms with Crippen LogP contribution in [0.1, 0.15) is 28.6 Å². The number of carbonyl (C=O) groups excluding carboxylic acids is 1. The number of thiocarbonyl (C=S) groups is 1. The summed E-state index contributed by atoms with van der Waals surface area (Å²) in [4.78, 5) is 12.3. The van der Waals surface area contributed by atoms with Gasteiger partial charge in [0.15, 0.2) is 10.9 Å². The summed E-state index contributed by atoms with van der Waals surface area (Å²) in [5.41, 5.74) is 8.97. The topological polar surface area (TPSA) is 66.3 Å². The largest absolute Gasteiger partial charge is 0.451 e. The van der Waals surface area contributed by atoms with Crippen LogP contribution >= 0.6 is 12.2 Å². The number of para-hydroxylation sites is 1. The molecule has 2 aromatic carbocycles. The zero-order valence-corrected chi connectivity index (χ0v) is 16.3. The van der Waals surface area contributed by atoms with Crippen molar-refractivity contribution in [1.29, 1.82) is 0 Å². The third-order valence-corrected chi connectivity index (χ3v) is 4.43. The highest BCUT2D eigenvalue weighted by atomic mass is 32.1. The van der Waals surface area contributed by atoms with E-state index in [-0.39, 0.29) is 16.7 Å². The number of benzene rings is 2. The first-order chi connectivity index (χ1) is 13.5. The molecule has 7 heteroatoms. The molecule has 0 spiro atoms. The van der Waals surface area contributed by atoms with Crippen molar-refractivity contribution in [3.05, 3.63) is 77.3 Å². The maximum atomic E-state index is 13.0. The van der Waals surface area contributed by atoms with Crippen LogP contribution < -0.4 is 16.2 Å². The summed E-state index contributed by atoms with van der Waals surface area (Å²) in [6.07, 6.45) is 0.859. The first-order valence-electron chi connectivity index (χ1n) is 8.79. The predicted octanol–water partition coefficient (Wildman–Crippen LogP) is 4.59. The molecule has 0 unspecified atom stereocenters. The second kappa shape index (κ2) is 8.67. The summed E-state index contributed by atoms with van der Waals surface area (Å²) < 4.78 is 18.6. The molecule has 3 N–H and O–H groups in total. The maximum Gasteiger partial charge on any atom is 0.305 e. The molecule has 0 saturated carbocycles. The third kappa shape index (κ3) is 4.55. The molecule has 0 aliphatic heterocycles. The Bertz CT molecular complexity index is 999. The fourth-order valence-corrected chi connectivity index (χ4v) is 2.90. The molecule has 1 amide bonds. The molecule has 0 bridgehead atoms. The minimum Gasteiger partial charge on any atom is -0.451 e. The first kappa shape index (κ1) is 19.6. The van der Waals surface area contributed by atoms with Gasteiger partial charge in [-0.3, -0.25) is 15.6 Å². The monoisotopic (exact) mass is 397 g/mol. The number of hydrogen-bond acceptors (Lipinski definition) is 3. The number of halogens is 1. The van der Waals surface area contributed by atoms with Gasteiger partial charge in [-0.05, 0) is 73.1 Å². The van der Waals surface area contributed by atoms with Gasteiger partial charge in [0.2, 0.25) is 0 Å². The lowest BCUT2D eigenvalue weighted by Gasteiger charge is -2.15. The predicted molar refractivity (Wildman–Crippen MR) is 111 cm³/mol. The van der Waals surface area contributed by atoms with Gasteiger partial charge in [-0.15, -0.1) is 0 Å². The lowest BCUT2D eigenvalue weighted by Crippen LogP contribution is -2.43. The van der Waals surface area contributed by atoms with Crippen molar-refractivity contribution in [2.24, 2.45) is 0 Å². The average molecular weight is 397 g/mol. The van der Waals surface area contributed by atoms with Crippen molar-refractivity contribution in [2.75, 3.05) is 5.32 Å². The van der Waals surface area contributed by atoms with Gasteiger partial charge in [0.1, 0.15) is 11.6 Å². The van der Waals surface area contributed by atoms with Crippen LogP contribution in [0.15, 0.2) is 59.0 Å². The number of aryl methyl sites for hydroxylation is 2. The first-order valence-corrected chi connectivity index (χ1v) is 9.20. The lowest BCUT2D eigenvalue weighted by atomic mass is 10.1. The number of nitrogens with one attached hydrogen (secondary N) is 3. The van der Waals surface area contributed by atoms with Gasteiger partial charge in [0, 0.05) is 11.3 Å². The lowest BCUT2D eigenvalue weighted by molar-refractivity contribution is 0.0917. The molecule has 1 heterocycles. The Morgan fingerprint density at radius 1 is 1.07 bits per heavy atom. The second-order valence-corrected chi connectivity index (χ2v) is 6.57. The number of hydrazine groups is 1.